The van der Waals surface area contributed by atoms with Crippen molar-refractivity contribution in [1.29, 1.82) is 0 Å². The molecule has 5 nitrogen and oxygen atoms in total. The van der Waals surface area contributed by atoms with Crippen LogP contribution in [0.3, 0.4) is 0 Å². The van der Waals surface area contributed by atoms with Crippen LogP contribution in [-0.4, -0.2) is 62.3 Å². The van der Waals surface area contributed by atoms with Crippen LogP contribution in [0.5, 0.6) is 0 Å². The molecule has 20 heavy (non-hydrogen) atoms. The smallest absolute Gasteiger partial charge is 0.232 e. The lowest BCUT2D eigenvalue weighted by Gasteiger charge is -2.50. The maximum atomic E-state index is 13.1. The van der Waals surface area contributed by atoms with Gasteiger partial charge in [0.25, 0.3) is 0 Å². The van der Waals surface area contributed by atoms with Gasteiger partial charge in [-0.05, 0) is 44.7 Å². The molecule has 5 heteroatoms. The SMILES string of the molecule is O=C(N1CCC2(CCN2)CC1)[C@]12CNC[C@H]1CCOC2. The minimum Gasteiger partial charge on any atom is -0.380 e. The number of likely N-dealkylation sites (tertiary alicyclic amines) is 1. The maximum absolute atomic E-state index is 13.1. The quantitative estimate of drug-likeness (QED) is 0.708. The maximum Gasteiger partial charge on any atom is 0.232 e. The van der Waals surface area contributed by atoms with E-state index >= 15 is 0 Å². The Morgan fingerprint density at radius 3 is 2.75 bits per heavy atom. The second kappa shape index (κ2) is 4.68. The van der Waals surface area contributed by atoms with E-state index in [0.717, 1.165) is 58.6 Å². The first-order valence-electron chi connectivity index (χ1n) is 8.07. The molecule has 0 radical (unpaired) electrons. The molecule has 0 saturated carbocycles. The first kappa shape index (κ1) is 13.0. The molecular weight excluding hydrogens is 254 g/mol. The number of fused-ring (bicyclic) bond motifs is 1. The number of hydrogen-bond acceptors (Lipinski definition) is 4. The number of piperidine rings is 1. The summed E-state index contributed by atoms with van der Waals surface area (Å²) in [6, 6.07) is 0. The zero-order chi connectivity index (χ0) is 13.6. The van der Waals surface area contributed by atoms with Crippen LogP contribution in [0.4, 0.5) is 0 Å². The lowest BCUT2D eigenvalue weighted by Crippen LogP contribution is -2.64. The first-order valence-corrected chi connectivity index (χ1v) is 8.07. The molecule has 0 bridgehead atoms. The molecule has 2 N–H and O–H groups in total. The van der Waals surface area contributed by atoms with Gasteiger partial charge in [0.2, 0.25) is 5.91 Å². The Balaban J connectivity index is 1.46. The van der Waals surface area contributed by atoms with E-state index in [4.69, 9.17) is 4.74 Å². The average Bonchev–Trinajstić information content (AvgIpc) is 2.90. The van der Waals surface area contributed by atoms with Crippen LogP contribution >= 0.6 is 0 Å². The summed E-state index contributed by atoms with van der Waals surface area (Å²) >= 11 is 0. The van der Waals surface area contributed by atoms with Gasteiger partial charge in [0, 0.05) is 31.8 Å². The highest BCUT2D eigenvalue weighted by Gasteiger charge is 2.53. The monoisotopic (exact) mass is 279 g/mol. The summed E-state index contributed by atoms with van der Waals surface area (Å²) in [4.78, 5) is 15.2. The average molecular weight is 279 g/mol. The van der Waals surface area contributed by atoms with Crippen LogP contribution in [-0.2, 0) is 9.53 Å². The summed E-state index contributed by atoms with van der Waals surface area (Å²) in [7, 11) is 0. The van der Waals surface area contributed by atoms with Crippen molar-refractivity contribution in [1.82, 2.24) is 15.5 Å². The molecule has 4 rings (SSSR count). The second-order valence-corrected chi connectivity index (χ2v) is 7.07. The summed E-state index contributed by atoms with van der Waals surface area (Å²) in [5.41, 5.74) is 0.0979. The molecule has 1 amide bonds. The van der Waals surface area contributed by atoms with Gasteiger partial charge in [0.15, 0.2) is 0 Å². The van der Waals surface area contributed by atoms with Crippen LogP contribution in [0.15, 0.2) is 0 Å². The topological polar surface area (TPSA) is 53.6 Å². The van der Waals surface area contributed by atoms with Gasteiger partial charge in [-0.1, -0.05) is 0 Å². The normalized spacial score (nSPS) is 39.4. The van der Waals surface area contributed by atoms with Crippen molar-refractivity contribution in [2.75, 3.05) is 45.9 Å². The first-order chi connectivity index (χ1) is 9.74. The van der Waals surface area contributed by atoms with Crippen molar-refractivity contribution >= 4 is 5.91 Å². The highest BCUT2D eigenvalue weighted by molar-refractivity contribution is 5.84. The van der Waals surface area contributed by atoms with Crippen LogP contribution in [0.2, 0.25) is 0 Å². The van der Waals surface area contributed by atoms with E-state index in [-0.39, 0.29) is 5.41 Å². The molecule has 0 aromatic heterocycles. The third kappa shape index (κ3) is 1.83. The lowest BCUT2D eigenvalue weighted by molar-refractivity contribution is -0.154. The van der Waals surface area contributed by atoms with E-state index in [1.165, 1.54) is 6.42 Å². The van der Waals surface area contributed by atoms with E-state index in [1.807, 2.05) is 0 Å². The number of carbonyl (C=O) groups is 1. The Bertz CT molecular complexity index is 400. The van der Waals surface area contributed by atoms with Crippen molar-refractivity contribution in [3.8, 4) is 0 Å². The van der Waals surface area contributed by atoms with Crippen molar-refractivity contribution in [2.24, 2.45) is 11.3 Å². The molecule has 4 heterocycles. The van der Waals surface area contributed by atoms with Gasteiger partial charge in [0.1, 0.15) is 0 Å². The van der Waals surface area contributed by atoms with Gasteiger partial charge in [-0.25, -0.2) is 0 Å². The Morgan fingerprint density at radius 1 is 1.25 bits per heavy atom. The number of ether oxygens (including phenoxy) is 1. The summed E-state index contributed by atoms with van der Waals surface area (Å²) < 4.78 is 5.67. The van der Waals surface area contributed by atoms with Crippen molar-refractivity contribution in [2.45, 2.75) is 31.2 Å². The zero-order valence-corrected chi connectivity index (χ0v) is 12.1. The van der Waals surface area contributed by atoms with E-state index < -0.39 is 0 Å². The van der Waals surface area contributed by atoms with E-state index in [2.05, 4.69) is 15.5 Å². The van der Waals surface area contributed by atoms with Crippen LogP contribution in [0.25, 0.3) is 0 Å². The summed E-state index contributed by atoms with van der Waals surface area (Å²) in [5.74, 6) is 0.822. The van der Waals surface area contributed by atoms with Gasteiger partial charge in [-0.15, -0.1) is 0 Å². The molecule has 4 aliphatic rings. The van der Waals surface area contributed by atoms with E-state index in [0.29, 0.717) is 24.0 Å². The van der Waals surface area contributed by atoms with Gasteiger partial charge >= 0.3 is 0 Å². The molecular formula is C15H25N3O2. The number of carbonyl (C=O) groups excluding carboxylic acids is 1. The molecule has 1 spiro atoms. The summed E-state index contributed by atoms with van der Waals surface area (Å²) in [6.07, 6.45) is 4.55. The molecule has 0 aliphatic carbocycles. The predicted octanol–water partition coefficient (Wildman–Crippen LogP) is -0.0330. The molecule has 0 aromatic carbocycles. The van der Waals surface area contributed by atoms with Crippen molar-refractivity contribution in [3.63, 3.8) is 0 Å². The number of rotatable bonds is 1. The van der Waals surface area contributed by atoms with Crippen LogP contribution in [0.1, 0.15) is 25.7 Å². The molecule has 4 aliphatic heterocycles. The van der Waals surface area contributed by atoms with E-state index in [9.17, 15) is 4.79 Å². The molecule has 4 fully saturated rings. The lowest BCUT2D eigenvalue weighted by atomic mass is 9.73. The number of nitrogens with one attached hydrogen (secondary N) is 2. The van der Waals surface area contributed by atoms with Gasteiger partial charge in [-0.2, -0.15) is 0 Å². The molecule has 0 aromatic rings. The number of amides is 1. The Labute approximate surface area is 120 Å². The Kier molecular flexibility index (Phi) is 3.05. The highest BCUT2D eigenvalue weighted by atomic mass is 16.5. The van der Waals surface area contributed by atoms with E-state index in [1.54, 1.807) is 0 Å². The minimum atomic E-state index is -0.268. The molecule has 112 valence electrons. The standard InChI is InChI=1S/C15H25N3O2/c19-13(15-10-16-9-12(15)1-8-20-11-15)18-6-3-14(4-7-18)2-5-17-14/h12,16-17H,1-11H2/t12-,15+/m1/s1. The second-order valence-electron chi connectivity index (χ2n) is 7.07. The fourth-order valence-electron chi connectivity index (χ4n) is 4.51. The Hall–Kier alpha value is -0.650. The predicted molar refractivity (Wildman–Crippen MR) is 75.4 cm³/mol. The third-order valence-electron chi connectivity index (χ3n) is 6.12. The Morgan fingerprint density at radius 2 is 2.05 bits per heavy atom. The van der Waals surface area contributed by atoms with Crippen molar-refractivity contribution in [3.05, 3.63) is 0 Å². The highest BCUT2D eigenvalue weighted by Crippen LogP contribution is 2.41. The van der Waals surface area contributed by atoms with Crippen molar-refractivity contribution < 1.29 is 9.53 Å². The minimum absolute atomic E-state index is 0.268. The van der Waals surface area contributed by atoms with Crippen LogP contribution < -0.4 is 10.6 Å². The number of hydrogen-bond donors (Lipinski definition) is 2. The largest absolute Gasteiger partial charge is 0.380 e. The molecule has 0 unspecified atom stereocenters. The third-order valence-corrected chi connectivity index (χ3v) is 6.12. The van der Waals surface area contributed by atoms with Gasteiger partial charge in [-0.3, -0.25) is 4.79 Å². The van der Waals surface area contributed by atoms with Gasteiger partial charge in [0.05, 0.1) is 12.0 Å². The number of nitrogens with zero attached hydrogens (tertiary/aromatic N) is 1. The summed E-state index contributed by atoms with van der Waals surface area (Å²) in [6.45, 7) is 6.20. The molecule has 2 atom stereocenters. The fraction of sp³-hybridized carbons (Fsp3) is 0.933. The summed E-state index contributed by atoms with van der Waals surface area (Å²) in [5, 5.41) is 6.99. The molecule has 4 saturated heterocycles. The fourth-order valence-corrected chi connectivity index (χ4v) is 4.51. The van der Waals surface area contributed by atoms with Crippen LogP contribution in [0, 0.1) is 11.3 Å². The van der Waals surface area contributed by atoms with Gasteiger partial charge < -0.3 is 20.3 Å². The zero-order valence-electron chi connectivity index (χ0n) is 12.1.